The van der Waals surface area contributed by atoms with Crippen LogP contribution in [0.25, 0.3) is 0 Å². The molecule has 2 aromatic rings. The molecular formula is C18H21NO2. The molecule has 0 bridgehead atoms. The van der Waals surface area contributed by atoms with Gasteiger partial charge in [-0.3, -0.25) is 0 Å². The van der Waals surface area contributed by atoms with Crippen molar-refractivity contribution in [3.05, 3.63) is 71.8 Å². The van der Waals surface area contributed by atoms with Crippen LogP contribution >= 0.6 is 0 Å². The Hall–Kier alpha value is -1.68. The van der Waals surface area contributed by atoms with Gasteiger partial charge in [-0.05, 0) is 17.5 Å². The lowest BCUT2D eigenvalue weighted by Gasteiger charge is -2.33. The molecule has 0 aromatic heterocycles. The highest BCUT2D eigenvalue weighted by atomic mass is 16.6. The van der Waals surface area contributed by atoms with Crippen molar-refractivity contribution in [2.24, 2.45) is 5.73 Å². The van der Waals surface area contributed by atoms with Gasteiger partial charge in [0.2, 0.25) is 0 Å². The molecule has 1 saturated heterocycles. The molecule has 0 radical (unpaired) electrons. The monoisotopic (exact) mass is 283 g/mol. The topological polar surface area (TPSA) is 44.5 Å². The van der Waals surface area contributed by atoms with Gasteiger partial charge < -0.3 is 15.2 Å². The maximum atomic E-state index is 6.44. The van der Waals surface area contributed by atoms with Crippen molar-refractivity contribution in [3.8, 4) is 0 Å². The lowest BCUT2D eigenvalue weighted by atomic mass is 9.96. The number of nitrogens with two attached hydrogens (primary N) is 1. The second kappa shape index (κ2) is 6.85. The lowest BCUT2D eigenvalue weighted by Crippen LogP contribution is -2.42. The summed E-state index contributed by atoms with van der Waals surface area (Å²) in [6, 6.07) is 20.5. The summed E-state index contributed by atoms with van der Waals surface area (Å²) in [5, 5.41) is 0. The molecule has 3 heteroatoms. The first-order valence-corrected chi connectivity index (χ1v) is 7.40. The molecule has 0 aliphatic carbocycles. The maximum Gasteiger partial charge on any atom is 0.105 e. The van der Waals surface area contributed by atoms with Crippen LogP contribution in [-0.4, -0.2) is 25.4 Å². The van der Waals surface area contributed by atoms with E-state index in [0.717, 1.165) is 12.0 Å². The van der Waals surface area contributed by atoms with Crippen molar-refractivity contribution < 1.29 is 9.47 Å². The Bertz CT molecular complexity index is 540. The van der Waals surface area contributed by atoms with E-state index in [1.165, 1.54) is 5.56 Å². The van der Waals surface area contributed by atoms with Gasteiger partial charge in [0, 0.05) is 6.04 Å². The average Bonchev–Trinajstić information content (AvgIpc) is 2.48. The van der Waals surface area contributed by atoms with Crippen LogP contribution in [0.4, 0.5) is 0 Å². The predicted molar refractivity (Wildman–Crippen MR) is 83.0 cm³/mol. The van der Waals surface area contributed by atoms with Crippen molar-refractivity contribution in [2.45, 2.75) is 24.7 Å². The van der Waals surface area contributed by atoms with E-state index in [0.29, 0.717) is 13.2 Å². The normalized spacial score (nSPS) is 18.0. The Kier molecular flexibility index (Phi) is 4.65. The first-order valence-electron chi connectivity index (χ1n) is 7.40. The molecule has 2 atom stereocenters. The van der Waals surface area contributed by atoms with Gasteiger partial charge in [-0.15, -0.1) is 0 Å². The molecule has 0 saturated carbocycles. The minimum atomic E-state index is -0.0969. The molecule has 110 valence electrons. The number of hydrogen-bond acceptors (Lipinski definition) is 3. The third-order valence-electron chi connectivity index (χ3n) is 3.78. The molecule has 0 spiro atoms. The smallest absolute Gasteiger partial charge is 0.105 e. The predicted octanol–water partition coefficient (Wildman–Crippen LogP) is 2.71. The van der Waals surface area contributed by atoms with Crippen LogP contribution < -0.4 is 5.73 Å². The Labute approximate surface area is 125 Å². The van der Waals surface area contributed by atoms with Gasteiger partial charge in [0.15, 0.2) is 0 Å². The van der Waals surface area contributed by atoms with Gasteiger partial charge in [-0.25, -0.2) is 0 Å². The van der Waals surface area contributed by atoms with Gasteiger partial charge in [0.1, 0.15) is 6.10 Å². The summed E-state index contributed by atoms with van der Waals surface area (Å²) in [7, 11) is 0. The highest BCUT2D eigenvalue weighted by Gasteiger charge is 2.28. The van der Waals surface area contributed by atoms with E-state index in [4.69, 9.17) is 15.2 Å². The van der Waals surface area contributed by atoms with Gasteiger partial charge >= 0.3 is 0 Å². The Morgan fingerprint density at radius 2 is 1.62 bits per heavy atom. The first-order chi connectivity index (χ1) is 10.3. The summed E-state index contributed by atoms with van der Waals surface area (Å²) < 4.78 is 11.4. The highest BCUT2D eigenvalue weighted by Crippen LogP contribution is 2.26. The van der Waals surface area contributed by atoms with Gasteiger partial charge in [-0.1, -0.05) is 60.7 Å². The summed E-state index contributed by atoms with van der Waals surface area (Å²) >= 11 is 0. The molecule has 0 amide bonds. The van der Waals surface area contributed by atoms with Crippen molar-refractivity contribution >= 4 is 0 Å². The van der Waals surface area contributed by atoms with Crippen LogP contribution in [0.3, 0.4) is 0 Å². The molecule has 2 aromatic carbocycles. The van der Waals surface area contributed by atoms with E-state index in [9.17, 15) is 0 Å². The lowest BCUT2D eigenvalue weighted by molar-refractivity contribution is -0.160. The molecule has 21 heavy (non-hydrogen) atoms. The summed E-state index contributed by atoms with van der Waals surface area (Å²) in [4.78, 5) is 0. The van der Waals surface area contributed by atoms with Gasteiger partial charge in [0.25, 0.3) is 0 Å². The highest BCUT2D eigenvalue weighted by molar-refractivity contribution is 5.22. The SMILES string of the molecule is NC(Cc1ccccc1)C(OC1COC1)c1ccccc1. The zero-order valence-corrected chi connectivity index (χ0v) is 12.0. The molecule has 3 nitrogen and oxygen atoms in total. The Balaban J connectivity index is 1.74. The van der Waals surface area contributed by atoms with Crippen LogP contribution in [0.15, 0.2) is 60.7 Å². The van der Waals surface area contributed by atoms with Crippen molar-refractivity contribution in [2.75, 3.05) is 13.2 Å². The van der Waals surface area contributed by atoms with E-state index in [1.54, 1.807) is 0 Å². The second-order valence-electron chi connectivity index (χ2n) is 5.48. The minimum Gasteiger partial charge on any atom is -0.376 e. The molecule has 1 heterocycles. The van der Waals surface area contributed by atoms with E-state index in [2.05, 4.69) is 24.3 Å². The second-order valence-corrected chi connectivity index (χ2v) is 5.48. The third kappa shape index (κ3) is 3.70. The fourth-order valence-corrected chi connectivity index (χ4v) is 2.56. The van der Waals surface area contributed by atoms with Crippen molar-refractivity contribution in [3.63, 3.8) is 0 Å². The number of benzene rings is 2. The molecule has 1 aliphatic rings. The fraction of sp³-hybridized carbons (Fsp3) is 0.333. The van der Waals surface area contributed by atoms with Crippen LogP contribution in [0, 0.1) is 0 Å². The molecule has 3 rings (SSSR count). The van der Waals surface area contributed by atoms with E-state index >= 15 is 0 Å². The summed E-state index contributed by atoms with van der Waals surface area (Å²) in [6.07, 6.45) is 0.867. The van der Waals surface area contributed by atoms with E-state index in [-0.39, 0.29) is 18.2 Å². The fourth-order valence-electron chi connectivity index (χ4n) is 2.56. The van der Waals surface area contributed by atoms with Crippen molar-refractivity contribution in [1.29, 1.82) is 0 Å². The Morgan fingerprint density at radius 3 is 2.19 bits per heavy atom. The van der Waals surface area contributed by atoms with Gasteiger partial charge in [0.05, 0.1) is 19.3 Å². The van der Waals surface area contributed by atoms with Crippen LogP contribution in [0.5, 0.6) is 0 Å². The maximum absolute atomic E-state index is 6.44. The molecule has 2 N–H and O–H groups in total. The minimum absolute atomic E-state index is 0.0737. The zero-order chi connectivity index (χ0) is 14.5. The van der Waals surface area contributed by atoms with Crippen LogP contribution in [-0.2, 0) is 15.9 Å². The standard InChI is InChI=1S/C18H21NO2/c19-17(11-14-7-3-1-4-8-14)18(21-16-12-20-13-16)15-9-5-2-6-10-15/h1-10,16-18H,11-13,19H2. The third-order valence-corrected chi connectivity index (χ3v) is 3.78. The number of ether oxygens (including phenoxy) is 2. The number of rotatable bonds is 6. The molecular weight excluding hydrogens is 262 g/mol. The zero-order valence-electron chi connectivity index (χ0n) is 12.0. The largest absolute Gasteiger partial charge is 0.376 e. The van der Waals surface area contributed by atoms with Gasteiger partial charge in [-0.2, -0.15) is 0 Å². The summed E-state index contributed by atoms with van der Waals surface area (Å²) in [6.45, 7) is 1.34. The average molecular weight is 283 g/mol. The summed E-state index contributed by atoms with van der Waals surface area (Å²) in [5.74, 6) is 0. The van der Waals surface area contributed by atoms with E-state index < -0.39 is 0 Å². The molecule has 1 aliphatic heterocycles. The summed E-state index contributed by atoms with van der Waals surface area (Å²) in [5.41, 5.74) is 8.81. The molecule has 2 unspecified atom stereocenters. The Morgan fingerprint density at radius 1 is 1.00 bits per heavy atom. The van der Waals surface area contributed by atoms with E-state index in [1.807, 2.05) is 36.4 Å². The molecule has 1 fully saturated rings. The quantitative estimate of drug-likeness (QED) is 0.886. The van der Waals surface area contributed by atoms with Crippen LogP contribution in [0.1, 0.15) is 17.2 Å². The number of hydrogen-bond donors (Lipinski definition) is 1. The van der Waals surface area contributed by atoms with Crippen molar-refractivity contribution in [1.82, 2.24) is 0 Å². The van der Waals surface area contributed by atoms with Crippen LogP contribution in [0.2, 0.25) is 0 Å². The first kappa shape index (κ1) is 14.3.